The molecule has 194 valence electrons. The minimum absolute atomic E-state index is 0.0543. The number of hydrogen-bond donors (Lipinski definition) is 3. The van der Waals surface area contributed by atoms with Crippen molar-refractivity contribution in [3.8, 4) is 0 Å². The zero-order valence-electron chi connectivity index (χ0n) is 22.8. The Morgan fingerprint density at radius 3 is 2.35 bits per heavy atom. The van der Waals surface area contributed by atoms with Gasteiger partial charge in [-0.05, 0) is 116 Å². The molecule has 0 aromatic heterocycles. The summed E-state index contributed by atoms with van der Waals surface area (Å²) in [5.74, 6) is 0.0543. The predicted octanol–water partition coefficient (Wildman–Crippen LogP) is 6.61. The smallest absolute Gasteiger partial charge is 0.145 e. The third-order valence-electron chi connectivity index (χ3n) is 8.07. The monoisotopic (exact) mass is 474 g/mol. The molecule has 3 N–H and O–H groups in total. The van der Waals surface area contributed by atoms with E-state index in [1.807, 2.05) is 20.8 Å². The Morgan fingerprint density at radius 1 is 1.09 bits per heavy atom. The van der Waals surface area contributed by atoms with Crippen LogP contribution in [0.15, 0.2) is 46.1 Å². The van der Waals surface area contributed by atoms with Crippen LogP contribution in [-0.4, -0.2) is 39.9 Å². The maximum absolute atomic E-state index is 11.6. The van der Waals surface area contributed by atoms with Crippen molar-refractivity contribution in [2.75, 3.05) is 6.61 Å². The quantitative estimate of drug-likeness (QED) is 0.159. The first kappa shape index (κ1) is 30.5. The maximum atomic E-state index is 11.6. The van der Waals surface area contributed by atoms with Crippen LogP contribution in [0.2, 0.25) is 0 Å². The highest BCUT2D eigenvalue weighted by Gasteiger charge is 2.52. The summed E-state index contributed by atoms with van der Waals surface area (Å²) in [6.45, 7) is 14.3. The summed E-state index contributed by atoms with van der Waals surface area (Å²) in [5, 5.41) is 31.5. The molecular weight excluding hydrogens is 424 g/mol. The zero-order chi connectivity index (χ0) is 25.9. The summed E-state index contributed by atoms with van der Waals surface area (Å²) in [7, 11) is 0. The first-order chi connectivity index (χ1) is 15.9. The van der Waals surface area contributed by atoms with Crippen molar-refractivity contribution in [1.29, 1.82) is 0 Å². The predicted molar refractivity (Wildman–Crippen MR) is 143 cm³/mol. The van der Waals surface area contributed by atoms with E-state index in [4.69, 9.17) is 0 Å². The van der Waals surface area contributed by atoms with Gasteiger partial charge in [0, 0.05) is 12.0 Å². The van der Waals surface area contributed by atoms with Crippen molar-refractivity contribution in [3.05, 3.63) is 46.1 Å². The normalized spacial score (nSPS) is 28.5. The van der Waals surface area contributed by atoms with Gasteiger partial charge in [0.15, 0.2) is 0 Å². The van der Waals surface area contributed by atoms with Gasteiger partial charge in [0.2, 0.25) is 0 Å². The highest BCUT2D eigenvalue weighted by Crippen LogP contribution is 2.55. The molecule has 0 heterocycles. The zero-order valence-corrected chi connectivity index (χ0v) is 22.8. The molecular formula is C30H50O4. The minimum Gasteiger partial charge on any atom is -0.396 e. The van der Waals surface area contributed by atoms with E-state index in [0.717, 1.165) is 61.5 Å². The van der Waals surface area contributed by atoms with Crippen LogP contribution in [0, 0.1) is 11.3 Å². The Hall–Kier alpha value is -1.49. The average Bonchev–Trinajstić information content (AvgIpc) is 2.77. The van der Waals surface area contributed by atoms with Crippen LogP contribution < -0.4 is 0 Å². The molecule has 34 heavy (non-hydrogen) atoms. The summed E-state index contributed by atoms with van der Waals surface area (Å²) in [4.78, 5) is 11.6. The van der Waals surface area contributed by atoms with Gasteiger partial charge in [0.25, 0.3) is 0 Å². The van der Waals surface area contributed by atoms with Gasteiger partial charge < -0.3 is 15.3 Å². The van der Waals surface area contributed by atoms with Gasteiger partial charge in [0.05, 0.1) is 11.7 Å². The van der Waals surface area contributed by atoms with E-state index in [9.17, 15) is 20.1 Å². The first-order valence-corrected chi connectivity index (χ1v) is 13.0. The summed E-state index contributed by atoms with van der Waals surface area (Å²) in [5.41, 5.74) is 4.21. The van der Waals surface area contributed by atoms with Crippen LogP contribution in [0.1, 0.15) is 106 Å². The number of aliphatic hydroxyl groups excluding tert-OH is 2. The van der Waals surface area contributed by atoms with Crippen LogP contribution in [0.3, 0.4) is 0 Å². The molecule has 0 aromatic carbocycles. The Labute approximate surface area is 208 Å². The van der Waals surface area contributed by atoms with Gasteiger partial charge >= 0.3 is 0 Å². The molecule has 1 fully saturated rings. The molecule has 0 saturated heterocycles. The summed E-state index contributed by atoms with van der Waals surface area (Å²) in [6.07, 6.45) is 13.8. The molecule has 0 unspecified atom stereocenters. The highest BCUT2D eigenvalue weighted by atomic mass is 16.3. The third kappa shape index (κ3) is 8.62. The van der Waals surface area contributed by atoms with Gasteiger partial charge in [-0.15, -0.1) is 0 Å². The van der Waals surface area contributed by atoms with Crippen molar-refractivity contribution < 1.29 is 20.1 Å². The highest BCUT2D eigenvalue weighted by molar-refractivity contribution is 5.74. The molecule has 0 aromatic rings. The number of aliphatic hydroxyl groups is 3. The average molecular weight is 475 g/mol. The molecule has 0 radical (unpaired) electrons. The molecule has 0 amide bonds. The fourth-order valence-corrected chi connectivity index (χ4v) is 5.30. The molecule has 1 aliphatic rings. The summed E-state index contributed by atoms with van der Waals surface area (Å²) in [6, 6.07) is 0. The first-order valence-electron chi connectivity index (χ1n) is 13.0. The van der Waals surface area contributed by atoms with E-state index in [1.54, 1.807) is 0 Å². The van der Waals surface area contributed by atoms with E-state index >= 15 is 0 Å². The van der Waals surface area contributed by atoms with Gasteiger partial charge in [0.1, 0.15) is 6.29 Å². The van der Waals surface area contributed by atoms with E-state index < -0.39 is 17.1 Å². The fourth-order valence-electron chi connectivity index (χ4n) is 5.30. The van der Waals surface area contributed by atoms with E-state index in [0.29, 0.717) is 19.3 Å². The summed E-state index contributed by atoms with van der Waals surface area (Å²) >= 11 is 0. The lowest BCUT2D eigenvalue weighted by Crippen LogP contribution is -2.52. The van der Waals surface area contributed by atoms with Crippen molar-refractivity contribution in [1.82, 2.24) is 0 Å². The Bertz CT molecular complexity index is 780. The Kier molecular flexibility index (Phi) is 12.7. The largest absolute Gasteiger partial charge is 0.396 e. The molecule has 0 aliphatic heterocycles. The van der Waals surface area contributed by atoms with Crippen LogP contribution in [0.4, 0.5) is 0 Å². The standard InChI is InChI=1S/C30H50O4/c1-22(2)11-8-12-23(3)15-16-28(33)24(4)13-9-18-29(6)27(14-10-20-31)26(25(5)21-32)17-19-30(29,7)34/h11,13,15,21,27-28,31,33-34H,8-10,12,14,16-20H2,1-7H3/b23-15+,24-13+,26-25+/t27-,28-,29+,30+/m1/s1. The molecule has 0 bridgehead atoms. The third-order valence-corrected chi connectivity index (χ3v) is 8.07. The van der Waals surface area contributed by atoms with Crippen LogP contribution in [-0.2, 0) is 4.79 Å². The lowest BCUT2D eigenvalue weighted by Gasteiger charge is -2.53. The molecule has 1 saturated carbocycles. The van der Waals surface area contributed by atoms with Crippen LogP contribution in [0.25, 0.3) is 0 Å². The fraction of sp³-hybridized carbons (Fsp3) is 0.700. The van der Waals surface area contributed by atoms with Gasteiger partial charge in [-0.3, -0.25) is 4.79 Å². The number of rotatable bonds is 13. The molecule has 1 aliphatic carbocycles. The number of hydrogen-bond acceptors (Lipinski definition) is 4. The van der Waals surface area contributed by atoms with Crippen LogP contribution in [0.5, 0.6) is 0 Å². The van der Waals surface area contributed by atoms with Gasteiger partial charge in [-0.1, -0.05) is 41.9 Å². The van der Waals surface area contributed by atoms with Crippen LogP contribution >= 0.6 is 0 Å². The van der Waals surface area contributed by atoms with Gasteiger partial charge in [-0.25, -0.2) is 0 Å². The number of carbonyl (C=O) groups is 1. The van der Waals surface area contributed by atoms with Gasteiger partial charge in [-0.2, -0.15) is 0 Å². The van der Waals surface area contributed by atoms with E-state index in [2.05, 4.69) is 45.9 Å². The minimum atomic E-state index is -0.856. The molecule has 4 atom stereocenters. The number of allylic oxidation sites excluding steroid dienone is 6. The van der Waals surface area contributed by atoms with Crippen molar-refractivity contribution in [3.63, 3.8) is 0 Å². The second kappa shape index (κ2) is 14.2. The maximum Gasteiger partial charge on any atom is 0.145 e. The molecule has 1 rings (SSSR count). The lowest BCUT2D eigenvalue weighted by atomic mass is 9.54. The van der Waals surface area contributed by atoms with E-state index in [-0.39, 0.29) is 12.5 Å². The van der Waals surface area contributed by atoms with Crippen molar-refractivity contribution in [2.24, 2.45) is 11.3 Å². The molecule has 0 spiro atoms. The lowest BCUT2D eigenvalue weighted by molar-refractivity contribution is -0.115. The Morgan fingerprint density at radius 2 is 1.76 bits per heavy atom. The Balaban J connectivity index is 2.92. The van der Waals surface area contributed by atoms with E-state index in [1.165, 1.54) is 11.1 Å². The molecule has 4 heteroatoms. The second-order valence-corrected chi connectivity index (χ2v) is 11.0. The SMILES string of the molecule is CC(C)=CCC/C(C)=C/C[C@@H](O)/C(C)=C/CC[C@@]1(C)[C@H](CCCO)/C(=C(\C)C=O)CC[C@]1(C)O. The topological polar surface area (TPSA) is 77.8 Å². The molecule has 4 nitrogen and oxygen atoms in total. The number of aldehydes is 1. The summed E-state index contributed by atoms with van der Waals surface area (Å²) < 4.78 is 0. The second-order valence-electron chi connectivity index (χ2n) is 11.0. The number of carbonyl (C=O) groups excluding carboxylic acids is 1. The van der Waals surface area contributed by atoms with Crippen molar-refractivity contribution >= 4 is 6.29 Å². The van der Waals surface area contributed by atoms with Crippen molar-refractivity contribution in [2.45, 2.75) is 118 Å².